The number of amides is 1. The van der Waals surface area contributed by atoms with Gasteiger partial charge in [-0.25, -0.2) is 0 Å². The zero-order valence-electron chi connectivity index (χ0n) is 21.1. The summed E-state index contributed by atoms with van der Waals surface area (Å²) < 4.78 is 11.7. The number of furan rings is 1. The van der Waals surface area contributed by atoms with Crippen LogP contribution in [0.1, 0.15) is 29.3 Å². The van der Waals surface area contributed by atoms with Crippen LogP contribution < -0.4 is 10.1 Å². The van der Waals surface area contributed by atoms with Gasteiger partial charge in [-0.05, 0) is 57.0 Å². The number of aromatic nitrogens is 1. The molecule has 5 aromatic rings. The van der Waals surface area contributed by atoms with E-state index in [9.17, 15) is 4.79 Å². The predicted octanol–water partition coefficient (Wildman–Crippen LogP) is 7.62. The smallest absolute Gasteiger partial charge is 0.248 e. The third kappa shape index (κ3) is 4.24. The fraction of sp³-hybridized carbons (Fsp3) is 0.161. The van der Waals surface area contributed by atoms with E-state index in [0.29, 0.717) is 5.75 Å². The molecule has 0 fully saturated rings. The van der Waals surface area contributed by atoms with Crippen LogP contribution in [0.3, 0.4) is 0 Å². The van der Waals surface area contributed by atoms with Crippen LogP contribution in [-0.2, 0) is 4.79 Å². The second-order valence-electron chi connectivity index (χ2n) is 9.12. The lowest BCUT2D eigenvalue weighted by Gasteiger charge is -2.14. The van der Waals surface area contributed by atoms with Crippen LogP contribution in [0, 0.1) is 20.8 Å². The Morgan fingerprint density at radius 2 is 1.75 bits per heavy atom. The summed E-state index contributed by atoms with van der Waals surface area (Å²) in [5.74, 6) is 0.480. The van der Waals surface area contributed by atoms with E-state index in [-0.39, 0.29) is 5.91 Å². The molecule has 5 heteroatoms. The van der Waals surface area contributed by atoms with E-state index in [1.165, 1.54) is 5.56 Å². The molecule has 0 bridgehead atoms. The molecule has 0 saturated heterocycles. The SMILES string of the molecule is COc1c(/C(C)=C/C(=O)Nc2cc(C)nc3ccccc23)cc2c(-c3ccc(C)cc3)coc2c1C. The maximum absolute atomic E-state index is 13.1. The first kappa shape index (κ1) is 23.4. The summed E-state index contributed by atoms with van der Waals surface area (Å²) in [6, 6.07) is 20.1. The van der Waals surface area contributed by atoms with Gasteiger partial charge in [0, 0.05) is 39.2 Å². The molecule has 2 heterocycles. The molecule has 0 unspecified atom stereocenters. The van der Waals surface area contributed by atoms with E-state index in [1.807, 2.05) is 57.2 Å². The van der Waals surface area contributed by atoms with Crippen molar-refractivity contribution in [3.05, 3.63) is 95.4 Å². The van der Waals surface area contributed by atoms with Gasteiger partial charge in [0.25, 0.3) is 0 Å². The zero-order valence-corrected chi connectivity index (χ0v) is 21.1. The number of methoxy groups -OCH3 is 1. The summed E-state index contributed by atoms with van der Waals surface area (Å²) in [6.07, 6.45) is 3.40. The number of para-hydroxylation sites is 1. The second kappa shape index (κ2) is 9.34. The average Bonchev–Trinajstić information content (AvgIpc) is 3.28. The minimum absolute atomic E-state index is 0.214. The lowest BCUT2D eigenvalue weighted by atomic mass is 9.96. The number of pyridine rings is 1. The molecule has 5 nitrogen and oxygen atoms in total. The molecule has 0 saturated carbocycles. The van der Waals surface area contributed by atoms with Gasteiger partial charge in [-0.1, -0.05) is 48.0 Å². The summed E-state index contributed by atoms with van der Waals surface area (Å²) in [6.45, 7) is 7.89. The molecule has 0 aliphatic rings. The number of carbonyl (C=O) groups excluding carboxylic acids is 1. The minimum Gasteiger partial charge on any atom is -0.496 e. The predicted molar refractivity (Wildman–Crippen MR) is 146 cm³/mol. The Bertz CT molecular complexity index is 1640. The van der Waals surface area contributed by atoms with Crippen molar-refractivity contribution in [2.75, 3.05) is 12.4 Å². The van der Waals surface area contributed by atoms with Crippen molar-refractivity contribution >= 4 is 39.0 Å². The third-order valence-corrected chi connectivity index (χ3v) is 6.49. The Morgan fingerprint density at radius 3 is 2.50 bits per heavy atom. The quantitative estimate of drug-likeness (QED) is 0.265. The number of benzene rings is 3. The molecular weight excluding hydrogens is 448 g/mol. The molecule has 1 amide bonds. The van der Waals surface area contributed by atoms with Gasteiger partial charge in [0.2, 0.25) is 5.91 Å². The maximum atomic E-state index is 13.1. The van der Waals surface area contributed by atoms with E-state index in [2.05, 4.69) is 41.5 Å². The first-order chi connectivity index (χ1) is 17.4. The number of allylic oxidation sites excluding steroid dienone is 1. The molecule has 5 rings (SSSR count). The average molecular weight is 477 g/mol. The van der Waals surface area contributed by atoms with Crippen molar-refractivity contribution in [2.24, 2.45) is 0 Å². The lowest BCUT2D eigenvalue weighted by molar-refractivity contribution is -0.111. The van der Waals surface area contributed by atoms with E-state index in [0.717, 1.165) is 61.1 Å². The fourth-order valence-corrected chi connectivity index (χ4v) is 4.68. The summed E-state index contributed by atoms with van der Waals surface area (Å²) >= 11 is 0. The molecule has 1 N–H and O–H groups in total. The van der Waals surface area contributed by atoms with Crippen molar-refractivity contribution in [2.45, 2.75) is 27.7 Å². The van der Waals surface area contributed by atoms with Crippen LogP contribution in [0.4, 0.5) is 5.69 Å². The largest absolute Gasteiger partial charge is 0.496 e. The van der Waals surface area contributed by atoms with Gasteiger partial charge >= 0.3 is 0 Å². The molecule has 2 aromatic heterocycles. The molecule has 0 atom stereocenters. The van der Waals surface area contributed by atoms with E-state index in [1.54, 1.807) is 19.4 Å². The molecule has 0 aliphatic heterocycles. The standard InChI is InChI=1S/C31H28N2O3/c1-18-10-12-22(13-11-18)26-17-36-31-21(4)30(35-5)24(16-25(26)31)19(2)14-29(34)33-28-15-20(3)32-27-9-7-6-8-23(27)28/h6-17H,1-5H3,(H,32,33,34)/b19-14+. The van der Waals surface area contributed by atoms with Gasteiger partial charge in [-0.3, -0.25) is 9.78 Å². The van der Waals surface area contributed by atoms with Crippen LogP contribution in [-0.4, -0.2) is 18.0 Å². The van der Waals surface area contributed by atoms with Crippen LogP contribution in [0.2, 0.25) is 0 Å². The summed E-state index contributed by atoms with van der Waals surface area (Å²) in [7, 11) is 1.64. The molecule has 0 radical (unpaired) electrons. The normalized spacial score (nSPS) is 11.8. The van der Waals surface area contributed by atoms with E-state index < -0.39 is 0 Å². The number of hydrogen-bond acceptors (Lipinski definition) is 4. The number of nitrogens with one attached hydrogen (secondary N) is 1. The van der Waals surface area contributed by atoms with Gasteiger partial charge in [0.1, 0.15) is 11.3 Å². The zero-order chi connectivity index (χ0) is 25.4. The second-order valence-corrected chi connectivity index (χ2v) is 9.12. The molecule has 36 heavy (non-hydrogen) atoms. The van der Waals surface area contributed by atoms with Crippen LogP contribution >= 0.6 is 0 Å². The summed E-state index contributed by atoms with van der Waals surface area (Å²) in [5.41, 5.74) is 9.03. The highest BCUT2D eigenvalue weighted by atomic mass is 16.5. The minimum atomic E-state index is -0.214. The molecule has 0 aliphatic carbocycles. The van der Waals surface area contributed by atoms with Crippen molar-refractivity contribution < 1.29 is 13.9 Å². The Morgan fingerprint density at radius 1 is 1.00 bits per heavy atom. The van der Waals surface area contributed by atoms with Crippen molar-refractivity contribution in [3.8, 4) is 16.9 Å². The Balaban J connectivity index is 1.55. The number of nitrogens with zero attached hydrogens (tertiary/aromatic N) is 1. The highest BCUT2D eigenvalue weighted by Gasteiger charge is 2.19. The third-order valence-electron chi connectivity index (χ3n) is 6.49. The van der Waals surface area contributed by atoms with Crippen molar-refractivity contribution in [1.29, 1.82) is 0 Å². The number of aryl methyl sites for hydroxylation is 3. The molecular formula is C31H28N2O3. The van der Waals surface area contributed by atoms with Crippen molar-refractivity contribution in [1.82, 2.24) is 4.98 Å². The number of ether oxygens (including phenoxy) is 1. The highest BCUT2D eigenvalue weighted by Crippen LogP contribution is 2.40. The number of anilines is 1. The summed E-state index contributed by atoms with van der Waals surface area (Å²) in [5, 5.41) is 4.92. The topological polar surface area (TPSA) is 64.4 Å². The maximum Gasteiger partial charge on any atom is 0.248 e. The van der Waals surface area contributed by atoms with E-state index in [4.69, 9.17) is 9.15 Å². The highest BCUT2D eigenvalue weighted by molar-refractivity contribution is 6.09. The van der Waals surface area contributed by atoms with Gasteiger partial charge < -0.3 is 14.5 Å². The summed E-state index contributed by atoms with van der Waals surface area (Å²) in [4.78, 5) is 17.7. The van der Waals surface area contributed by atoms with E-state index >= 15 is 0 Å². The molecule has 180 valence electrons. The van der Waals surface area contributed by atoms with Crippen molar-refractivity contribution in [3.63, 3.8) is 0 Å². The molecule has 0 spiro atoms. The first-order valence-corrected chi connectivity index (χ1v) is 11.9. The Hall–Kier alpha value is -4.38. The fourth-order valence-electron chi connectivity index (χ4n) is 4.68. The van der Waals surface area contributed by atoms with Gasteiger partial charge in [0.15, 0.2) is 0 Å². The van der Waals surface area contributed by atoms with Gasteiger partial charge in [-0.15, -0.1) is 0 Å². The van der Waals surface area contributed by atoms with Crippen LogP contribution in [0.15, 0.2) is 77.4 Å². The number of carbonyl (C=O) groups is 1. The lowest BCUT2D eigenvalue weighted by Crippen LogP contribution is -2.10. The number of fused-ring (bicyclic) bond motifs is 2. The van der Waals surface area contributed by atoms with Crippen LogP contribution in [0.25, 0.3) is 38.6 Å². The first-order valence-electron chi connectivity index (χ1n) is 11.9. The Kier molecular flexibility index (Phi) is 6.06. The number of hydrogen-bond donors (Lipinski definition) is 1. The monoisotopic (exact) mass is 476 g/mol. The van der Waals surface area contributed by atoms with Gasteiger partial charge in [0.05, 0.1) is 24.6 Å². The number of rotatable bonds is 5. The Labute approximate surface area is 210 Å². The molecule has 3 aromatic carbocycles. The van der Waals surface area contributed by atoms with Crippen LogP contribution in [0.5, 0.6) is 5.75 Å². The van der Waals surface area contributed by atoms with Gasteiger partial charge in [-0.2, -0.15) is 0 Å².